The van der Waals surface area contributed by atoms with Gasteiger partial charge in [0.05, 0.1) is 18.1 Å². The number of esters is 2. The van der Waals surface area contributed by atoms with Crippen molar-refractivity contribution in [3.8, 4) is 11.5 Å². The van der Waals surface area contributed by atoms with E-state index >= 15 is 0 Å². The van der Waals surface area contributed by atoms with E-state index in [1.807, 2.05) is 19.9 Å². The fourth-order valence-corrected chi connectivity index (χ4v) is 4.96. The molecule has 2 aromatic rings. The van der Waals surface area contributed by atoms with Gasteiger partial charge in [-0.15, -0.1) is 23.7 Å². The normalized spacial score (nSPS) is 12.1. The van der Waals surface area contributed by atoms with Crippen molar-refractivity contribution in [3.05, 3.63) is 45.1 Å². The summed E-state index contributed by atoms with van der Waals surface area (Å²) in [6.07, 6.45) is 4.31. The van der Waals surface area contributed by atoms with Crippen molar-refractivity contribution < 1.29 is 38.1 Å². The highest BCUT2D eigenvalue weighted by atomic mass is 35.5. The Balaban J connectivity index is 0.00000560. The van der Waals surface area contributed by atoms with Gasteiger partial charge in [0.25, 0.3) is 0 Å². The van der Waals surface area contributed by atoms with Gasteiger partial charge in [0.1, 0.15) is 0 Å². The second kappa shape index (κ2) is 17.7. The summed E-state index contributed by atoms with van der Waals surface area (Å²) in [6, 6.07) is 6.43. The number of unbranched alkanes of at least 4 members (excludes halogenated alkanes) is 2. The quantitative estimate of drug-likeness (QED) is 0.151. The number of Topliss-reactive ketones (excluding diaryl/α,β-unsaturated/α-hetero) is 2. The number of fused-ring (bicyclic) bond motifs is 1. The Hall–Kier alpha value is -2.95. The summed E-state index contributed by atoms with van der Waals surface area (Å²) < 4.78 is 21.4. The van der Waals surface area contributed by atoms with Gasteiger partial charge in [0, 0.05) is 36.4 Å². The number of hydrogen-bond donors (Lipinski definition) is 1. The van der Waals surface area contributed by atoms with Crippen molar-refractivity contribution in [2.75, 3.05) is 33.0 Å². The van der Waals surface area contributed by atoms with Gasteiger partial charge < -0.3 is 24.3 Å². The summed E-state index contributed by atoms with van der Waals surface area (Å²) in [5.41, 5.74) is 1.46. The average Bonchev–Trinajstić information content (AvgIpc) is 3.38. The Morgan fingerprint density at radius 3 is 2.10 bits per heavy atom. The maximum atomic E-state index is 12.9. The van der Waals surface area contributed by atoms with Gasteiger partial charge in [-0.3, -0.25) is 9.59 Å². The third kappa shape index (κ3) is 10.6. The Morgan fingerprint density at radius 1 is 0.850 bits per heavy atom. The highest BCUT2D eigenvalue weighted by Gasteiger charge is 2.19. The molecule has 1 aromatic carbocycles. The molecular weight excluding hydrogens is 558 g/mol. The number of halogens is 1. The molecule has 0 amide bonds. The monoisotopic (exact) mass is 595 g/mol. The van der Waals surface area contributed by atoms with E-state index in [0.717, 1.165) is 50.8 Å². The van der Waals surface area contributed by atoms with Crippen LogP contribution in [0.2, 0.25) is 0 Å². The van der Waals surface area contributed by atoms with E-state index < -0.39 is 11.9 Å². The van der Waals surface area contributed by atoms with Crippen molar-refractivity contribution in [2.24, 2.45) is 0 Å². The standard InChI is InChI=1S/C29H37NO8S.ClH/c1-3-5-13-35-28(33)18-37-24-10-7-20(15-25(24)38-19-29(34)36-14-6-4-2)22(31)8-9-23(32)27-16-21-17-30-12-11-26(21)39-27;/h7,10,15-16,30H,3-6,8-9,11-14,17-19H2,1-2H3;1H. The number of ketones is 2. The van der Waals surface area contributed by atoms with Crippen LogP contribution in [0.4, 0.5) is 0 Å². The summed E-state index contributed by atoms with van der Waals surface area (Å²) in [6.45, 7) is 5.52. The molecule has 0 aliphatic carbocycles. The zero-order valence-corrected chi connectivity index (χ0v) is 24.7. The number of ether oxygens (including phenoxy) is 4. The van der Waals surface area contributed by atoms with Crippen molar-refractivity contribution in [1.29, 1.82) is 0 Å². The zero-order chi connectivity index (χ0) is 28.0. The van der Waals surface area contributed by atoms with Gasteiger partial charge in [0.2, 0.25) is 0 Å². The second-order valence-corrected chi connectivity index (χ2v) is 10.4. The van der Waals surface area contributed by atoms with Crippen LogP contribution in [0.1, 0.15) is 82.8 Å². The molecule has 220 valence electrons. The van der Waals surface area contributed by atoms with Crippen LogP contribution in [0.3, 0.4) is 0 Å². The first-order valence-electron chi connectivity index (χ1n) is 13.5. The number of carbonyl (C=O) groups excluding carboxylic acids is 4. The minimum atomic E-state index is -0.551. The minimum absolute atomic E-state index is 0. The smallest absolute Gasteiger partial charge is 0.344 e. The van der Waals surface area contributed by atoms with Gasteiger partial charge in [-0.1, -0.05) is 26.7 Å². The number of benzene rings is 1. The van der Waals surface area contributed by atoms with E-state index in [1.54, 1.807) is 6.07 Å². The molecule has 1 aromatic heterocycles. The summed E-state index contributed by atoms with van der Waals surface area (Å²) in [4.78, 5) is 51.6. The van der Waals surface area contributed by atoms with Crippen molar-refractivity contribution >= 4 is 47.2 Å². The van der Waals surface area contributed by atoms with Gasteiger partial charge in [0.15, 0.2) is 36.3 Å². The largest absolute Gasteiger partial charge is 0.478 e. The lowest BCUT2D eigenvalue weighted by atomic mass is 10.0. The molecule has 0 spiro atoms. The third-order valence-electron chi connectivity index (χ3n) is 6.07. The molecule has 0 atom stereocenters. The molecule has 0 radical (unpaired) electrons. The molecule has 0 bridgehead atoms. The fourth-order valence-electron chi connectivity index (χ4n) is 3.82. The molecule has 9 nitrogen and oxygen atoms in total. The van der Waals surface area contributed by atoms with Crippen molar-refractivity contribution in [1.82, 2.24) is 5.32 Å². The number of thiophene rings is 1. The maximum absolute atomic E-state index is 12.9. The lowest BCUT2D eigenvalue weighted by molar-refractivity contribution is -0.147. The van der Waals surface area contributed by atoms with Crippen LogP contribution >= 0.6 is 23.7 Å². The predicted octanol–water partition coefficient (Wildman–Crippen LogP) is 5.11. The fraction of sp³-hybridized carbons (Fsp3) is 0.517. The number of rotatable bonds is 17. The van der Waals surface area contributed by atoms with Crippen LogP contribution in [0.5, 0.6) is 11.5 Å². The van der Waals surface area contributed by atoms with Crippen LogP contribution in [0.25, 0.3) is 0 Å². The van der Waals surface area contributed by atoms with Crippen LogP contribution in [-0.2, 0) is 32.0 Å². The number of hydrogen-bond acceptors (Lipinski definition) is 10. The Labute approximate surface area is 245 Å². The van der Waals surface area contributed by atoms with E-state index in [9.17, 15) is 19.2 Å². The number of nitrogens with one attached hydrogen (secondary N) is 1. The van der Waals surface area contributed by atoms with Gasteiger partial charge >= 0.3 is 11.9 Å². The first-order valence-corrected chi connectivity index (χ1v) is 14.3. The predicted molar refractivity (Wildman–Crippen MR) is 154 cm³/mol. The molecule has 2 heterocycles. The molecule has 0 unspecified atom stereocenters. The lowest BCUT2D eigenvalue weighted by Gasteiger charge is -2.14. The SMILES string of the molecule is CCCCOC(=O)COc1ccc(C(=O)CCC(=O)c2cc3c(s2)CCNC3)cc1OCC(=O)OCCCC.Cl. The van der Waals surface area contributed by atoms with Crippen molar-refractivity contribution in [3.63, 3.8) is 0 Å². The van der Waals surface area contributed by atoms with Crippen LogP contribution < -0.4 is 14.8 Å². The molecule has 0 fully saturated rings. The van der Waals surface area contributed by atoms with E-state index in [4.69, 9.17) is 18.9 Å². The summed E-state index contributed by atoms with van der Waals surface area (Å²) in [7, 11) is 0. The zero-order valence-electron chi connectivity index (χ0n) is 23.1. The first-order chi connectivity index (χ1) is 18.9. The second-order valence-electron chi connectivity index (χ2n) is 9.22. The van der Waals surface area contributed by atoms with E-state index in [1.165, 1.54) is 28.3 Å². The number of carbonyl (C=O) groups is 4. The first kappa shape index (κ1) is 33.3. The molecule has 0 saturated heterocycles. The maximum Gasteiger partial charge on any atom is 0.344 e. The Bertz CT molecular complexity index is 1130. The molecule has 1 N–H and O–H groups in total. The van der Waals surface area contributed by atoms with Crippen LogP contribution in [0, 0.1) is 0 Å². The molecular formula is C29H38ClNO8S. The van der Waals surface area contributed by atoms with Gasteiger partial charge in [-0.05, 0) is 49.1 Å². The minimum Gasteiger partial charge on any atom is -0.478 e. The summed E-state index contributed by atoms with van der Waals surface area (Å²) in [5, 5.41) is 3.30. The molecule has 3 rings (SSSR count). The molecule has 0 saturated carbocycles. The van der Waals surface area contributed by atoms with E-state index in [-0.39, 0.29) is 61.5 Å². The van der Waals surface area contributed by atoms with E-state index in [2.05, 4.69) is 5.32 Å². The van der Waals surface area contributed by atoms with E-state index in [0.29, 0.717) is 23.7 Å². The highest BCUT2D eigenvalue weighted by Crippen LogP contribution is 2.30. The third-order valence-corrected chi connectivity index (χ3v) is 7.35. The van der Waals surface area contributed by atoms with Crippen LogP contribution in [-0.4, -0.2) is 56.5 Å². The molecule has 1 aliphatic heterocycles. The Morgan fingerprint density at radius 2 is 1.48 bits per heavy atom. The summed E-state index contributed by atoms with van der Waals surface area (Å²) in [5.74, 6) is -1.07. The van der Waals surface area contributed by atoms with Gasteiger partial charge in [-0.25, -0.2) is 9.59 Å². The molecule has 1 aliphatic rings. The lowest BCUT2D eigenvalue weighted by Crippen LogP contribution is -2.21. The van der Waals surface area contributed by atoms with Crippen molar-refractivity contribution in [2.45, 2.75) is 65.3 Å². The summed E-state index contributed by atoms with van der Waals surface area (Å²) >= 11 is 1.51. The molecule has 40 heavy (non-hydrogen) atoms. The topological polar surface area (TPSA) is 117 Å². The van der Waals surface area contributed by atoms with Gasteiger partial charge in [-0.2, -0.15) is 0 Å². The molecule has 11 heteroatoms. The average molecular weight is 596 g/mol. The highest BCUT2D eigenvalue weighted by molar-refractivity contribution is 7.14. The Kier molecular flexibility index (Phi) is 14.7. The van der Waals surface area contributed by atoms with Crippen LogP contribution in [0.15, 0.2) is 24.3 Å².